The molecular formula is C13H19NO5. The lowest BCUT2D eigenvalue weighted by Gasteiger charge is -2.40. The topological polar surface area (TPSA) is 113 Å². The van der Waals surface area contributed by atoms with Gasteiger partial charge >= 0.3 is 0 Å². The van der Waals surface area contributed by atoms with E-state index < -0.39 is 23.2 Å². The van der Waals surface area contributed by atoms with Gasteiger partial charge in [0.25, 0.3) is 0 Å². The van der Waals surface area contributed by atoms with Crippen molar-refractivity contribution in [3.05, 3.63) is 35.4 Å². The molecule has 0 aromatic heterocycles. The van der Waals surface area contributed by atoms with Crippen molar-refractivity contribution in [2.75, 3.05) is 0 Å². The van der Waals surface area contributed by atoms with E-state index in [-0.39, 0.29) is 5.56 Å². The molecule has 0 radical (unpaired) electrons. The number of amides is 1. The fraction of sp³-hybridized carbons (Fsp3) is 0.462. The maximum atomic E-state index is 11.1. The first-order valence-corrected chi connectivity index (χ1v) is 5.76. The first-order valence-electron chi connectivity index (χ1n) is 5.76. The second kappa shape index (κ2) is 5.26. The van der Waals surface area contributed by atoms with E-state index in [1.54, 1.807) is 12.1 Å². The Bertz CT molecular complexity index is 468. The lowest BCUT2D eigenvalue weighted by Crippen LogP contribution is -2.53. The highest BCUT2D eigenvalue weighted by molar-refractivity contribution is 5.92. The third kappa shape index (κ3) is 2.93. The largest absolute Gasteiger partial charge is 0.387 e. The third-order valence-corrected chi connectivity index (χ3v) is 3.41. The molecule has 0 bridgehead atoms. The van der Waals surface area contributed by atoms with Gasteiger partial charge in [-0.05, 0) is 38.5 Å². The SMILES string of the molecule is CC(C)(O)C(C)(OO)C(O)c1cccc(C(N)=O)c1. The number of aliphatic hydroxyl groups is 2. The number of primary amides is 1. The van der Waals surface area contributed by atoms with Crippen molar-refractivity contribution >= 4 is 5.91 Å². The number of rotatable bonds is 5. The molecule has 1 aromatic rings. The van der Waals surface area contributed by atoms with Gasteiger partial charge in [0, 0.05) is 5.56 Å². The maximum absolute atomic E-state index is 11.1. The second-order valence-corrected chi connectivity index (χ2v) is 5.15. The average Bonchev–Trinajstić information content (AvgIpc) is 2.35. The minimum Gasteiger partial charge on any atom is -0.387 e. The molecule has 1 aromatic carbocycles. The predicted octanol–water partition coefficient (Wildman–Crippen LogP) is 0.838. The van der Waals surface area contributed by atoms with Gasteiger partial charge in [-0.15, -0.1) is 0 Å². The lowest BCUT2D eigenvalue weighted by molar-refractivity contribution is -0.377. The standard InChI is InChI=1S/C13H19NO5/c1-12(2,17)13(3,19-18)10(15)8-5-4-6-9(7-8)11(14)16/h4-7,10,15,17-18H,1-3H3,(H2,14,16). The van der Waals surface area contributed by atoms with E-state index in [4.69, 9.17) is 11.0 Å². The molecule has 1 amide bonds. The molecule has 106 valence electrons. The molecule has 0 saturated carbocycles. The summed E-state index contributed by atoms with van der Waals surface area (Å²) in [5.74, 6) is -0.635. The Morgan fingerprint density at radius 2 is 1.95 bits per heavy atom. The van der Waals surface area contributed by atoms with Gasteiger partial charge in [-0.25, -0.2) is 4.89 Å². The van der Waals surface area contributed by atoms with Crippen LogP contribution in [0.5, 0.6) is 0 Å². The van der Waals surface area contributed by atoms with Gasteiger partial charge < -0.3 is 15.9 Å². The second-order valence-electron chi connectivity index (χ2n) is 5.15. The number of nitrogens with two attached hydrogens (primary N) is 1. The fourth-order valence-electron chi connectivity index (χ4n) is 1.68. The van der Waals surface area contributed by atoms with Crippen molar-refractivity contribution < 1.29 is 25.2 Å². The summed E-state index contributed by atoms with van der Waals surface area (Å²) in [6.45, 7) is 4.14. The summed E-state index contributed by atoms with van der Waals surface area (Å²) < 4.78 is 0. The predicted molar refractivity (Wildman–Crippen MR) is 68.3 cm³/mol. The van der Waals surface area contributed by atoms with Crippen LogP contribution in [0.3, 0.4) is 0 Å². The van der Waals surface area contributed by atoms with E-state index in [0.717, 1.165) is 0 Å². The van der Waals surface area contributed by atoms with Crippen LogP contribution in [0.15, 0.2) is 24.3 Å². The zero-order valence-corrected chi connectivity index (χ0v) is 11.1. The number of carbonyl (C=O) groups excluding carboxylic acids is 1. The van der Waals surface area contributed by atoms with Gasteiger partial charge in [-0.2, -0.15) is 0 Å². The molecule has 6 nitrogen and oxygen atoms in total. The summed E-state index contributed by atoms with van der Waals surface area (Å²) >= 11 is 0. The van der Waals surface area contributed by atoms with Crippen molar-refractivity contribution in [3.63, 3.8) is 0 Å². The molecule has 0 aliphatic heterocycles. The zero-order chi connectivity index (χ0) is 14.8. The quantitative estimate of drug-likeness (QED) is 0.467. The first kappa shape index (κ1) is 15.6. The Labute approximate surface area is 111 Å². The van der Waals surface area contributed by atoms with E-state index in [9.17, 15) is 15.0 Å². The van der Waals surface area contributed by atoms with Crippen LogP contribution in [-0.4, -0.2) is 32.6 Å². The molecule has 2 unspecified atom stereocenters. The zero-order valence-electron chi connectivity index (χ0n) is 11.1. The van der Waals surface area contributed by atoms with Crippen molar-refractivity contribution in [2.24, 2.45) is 5.73 Å². The maximum Gasteiger partial charge on any atom is 0.248 e. The van der Waals surface area contributed by atoms with E-state index >= 15 is 0 Å². The summed E-state index contributed by atoms with van der Waals surface area (Å²) in [5.41, 5.74) is 2.49. The van der Waals surface area contributed by atoms with E-state index in [0.29, 0.717) is 5.56 Å². The summed E-state index contributed by atoms with van der Waals surface area (Å²) in [4.78, 5) is 15.4. The normalized spacial score (nSPS) is 16.7. The van der Waals surface area contributed by atoms with E-state index in [1.165, 1.54) is 32.9 Å². The Kier molecular flexibility index (Phi) is 4.32. The smallest absolute Gasteiger partial charge is 0.248 e. The van der Waals surface area contributed by atoms with Crippen LogP contribution >= 0.6 is 0 Å². The van der Waals surface area contributed by atoms with Crippen LogP contribution in [0.4, 0.5) is 0 Å². The molecule has 5 N–H and O–H groups in total. The van der Waals surface area contributed by atoms with Gasteiger partial charge in [-0.3, -0.25) is 10.1 Å². The molecule has 6 heteroatoms. The van der Waals surface area contributed by atoms with Gasteiger partial charge in [0.15, 0.2) is 5.60 Å². The Balaban J connectivity index is 3.22. The average molecular weight is 269 g/mol. The Morgan fingerprint density at radius 3 is 2.37 bits per heavy atom. The summed E-state index contributed by atoms with van der Waals surface area (Å²) in [6, 6.07) is 5.97. The summed E-state index contributed by atoms with van der Waals surface area (Å²) in [7, 11) is 0. The van der Waals surface area contributed by atoms with Crippen LogP contribution in [0, 0.1) is 0 Å². The van der Waals surface area contributed by atoms with Gasteiger partial charge in [0.05, 0.1) is 5.60 Å². The summed E-state index contributed by atoms with van der Waals surface area (Å²) in [5, 5.41) is 29.3. The number of carbonyl (C=O) groups is 1. The van der Waals surface area contributed by atoms with Crippen LogP contribution in [0.1, 0.15) is 42.8 Å². The molecule has 0 spiro atoms. The highest BCUT2D eigenvalue weighted by atomic mass is 17.1. The van der Waals surface area contributed by atoms with E-state index in [2.05, 4.69) is 4.89 Å². The number of hydrogen-bond donors (Lipinski definition) is 4. The fourth-order valence-corrected chi connectivity index (χ4v) is 1.68. The van der Waals surface area contributed by atoms with Crippen molar-refractivity contribution in [2.45, 2.75) is 38.1 Å². The van der Waals surface area contributed by atoms with Gasteiger partial charge in [-0.1, -0.05) is 12.1 Å². The third-order valence-electron chi connectivity index (χ3n) is 3.41. The van der Waals surface area contributed by atoms with Crippen molar-refractivity contribution in [3.8, 4) is 0 Å². The molecule has 0 aliphatic carbocycles. The highest BCUT2D eigenvalue weighted by Gasteiger charge is 2.48. The van der Waals surface area contributed by atoms with Crippen LogP contribution in [0.2, 0.25) is 0 Å². The molecular weight excluding hydrogens is 250 g/mol. The molecule has 1 rings (SSSR count). The molecule has 19 heavy (non-hydrogen) atoms. The minimum atomic E-state index is -1.66. The molecule has 2 atom stereocenters. The van der Waals surface area contributed by atoms with Gasteiger partial charge in [0.1, 0.15) is 6.10 Å². The Morgan fingerprint density at radius 1 is 1.37 bits per heavy atom. The number of hydrogen-bond acceptors (Lipinski definition) is 5. The molecule has 0 aliphatic rings. The molecule has 0 saturated heterocycles. The van der Waals surface area contributed by atoms with Crippen molar-refractivity contribution in [1.82, 2.24) is 0 Å². The van der Waals surface area contributed by atoms with Crippen LogP contribution < -0.4 is 5.73 Å². The lowest BCUT2D eigenvalue weighted by atomic mass is 9.79. The molecule has 0 fully saturated rings. The summed E-state index contributed by atoms with van der Waals surface area (Å²) in [6.07, 6.45) is -1.35. The van der Waals surface area contributed by atoms with Crippen LogP contribution in [-0.2, 0) is 4.89 Å². The van der Waals surface area contributed by atoms with Gasteiger partial charge in [0.2, 0.25) is 5.91 Å². The van der Waals surface area contributed by atoms with E-state index in [1.807, 2.05) is 0 Å². The Hall–Kier alpha value is -1.47. The van der Waals surface area contributed by atoms with Crippen molar-refractivity contribution in [1.29, 1.82) is 0 Å². The highest BCUT2D eigenvalue weighted by Crippen LogP contribution is 2.37. The van der Waals surface area contributed by atoms with Crippen LogP contribution in [0.25, 0.3) is 0 Å². The minimum absolute atomic E-state index is 0.215. The molecule has 0 heterocycles. The number of benzene rings is 1. The monoisotopic (exact) mass is 269 g/mol. The number of aliphatic hydroxyl groups excluding tert-OH is 1. The first-order chi connectivity index (χ1) is 8.63.